The molecule has 2 aliphatic heterocycles. The second-order valence-corrected chi connectivity index (χ2v) is 10.6. The maximum absolute atomic E-state index is 6.75. The molecule has 8 nitrogen and oxygen atoms in total. The summed E-state index contributed by atoms with van der Waals surface area (Å²) in [5.41, 5.74) is 3.44. The van der Waals surface area contributed by atoms with Crippen molar-refractivity contribution in [1.82, 2.24) is 24.5 Å². The number of fused-ring (bicyclic) bond motifs is 1. The van der Waals surface area contributed by atoms with E-state index < -0.39 is 0 Å². The van der Waals surface area contributed by atoms with Crippen molar-refractivity contribution >= 4 is 28.2 Å². The highest BCUT2D eigenvalue weighted by atomic mass is 35.5. The van der Waals surface area contributed by atoms with Crippen molar-refractivity contribution in [2.75, 3.05) is 51.4 Å². The number of aromatic nitrogens is 4. The van der Waals surface area contributed by atoms with Crippen LogP contribution < -0.4 is 4.90 Å². The van der Waals surface area contributed by atoms with E-state index >= 15 is 0 Å². The molecule has 1 aromatic carbocycles. The average molecular weight is 469 g/mol. The first-order valence-electron chi connectivity index (χ1n) is 12.0. The zero-order chi connectivity index (χ0) is 22.2. The summed E-state index contributed by atoms with van der Waals surface area (Å²) in [5, 5.41) is 11.2. The SMILES string of the molecule is CO[C@H]1COCC1N1CCN(c2cc3c(cnn3-c3cnn(C45CC(C4)C5)c3)cc2Cl)CC1. The van der Waals surface area contributed by atoms with Crippen molar-refractivity contribution < 1.29 is 9.47 Å². The van der Waals surface area contributed by atoms with E-state index in [-0.39, 0.29) is 11.6 Å². The lowest BCUT2D eigenvalue weighted by atomic mass is 9.50. The average Bonchev–Trinajstić information content (AvgIpc) is 3.50. The maximum Gasteiger partial charge on any atom is 0.103 e. The Labute approximate surface area is 198 Å². The monoisotopic (exact) mass is 468 g/mol. The number of hydrogen-bond acceptors (Lipinski definition) is 6. The van der Waals surface area contributed by atoms with Gasteiger partial charge in [0.25, 0.3) is 0 Å². The molecule has 174 valence electrons. The first-order valence-corrected chi connectivity index (χ1v) is 12.3. The summed E-state index contributed by atoms with van der Waals surface area (Å²) in [6.45, 7) is 5.22. The fourth-order valence-corrected chi connectivity index (χ4v) is 6.55. The molecule has 5 aliphatic rings. The zero-order valence-electron chi connectivity index (χ0n) is 18.9. The summed E-state index contributed by atoms with van der Waals surface area (Å²) in [5.74, 6) is 0.926. The van der Waals surface area contributed by atoms with E-state index in [0.29, 0.717) is 12.6 Å². The van der Waals surface area contributed by atoms with Gasteiger partial charge < -0.3 is 14.4 Å². The first-order chi connectivity index (χ1) is 16.1. The molecule has 3 saturated carbocycles. The summed E-state index contributed by atoms with van der Waals surface area (Å²) < 4.78 is 15.4. The molecule has 4 heterocycles. The van der Waals surface area contributed by atoms with Crippen LogP contribution in [-0.4, -0.2) is 83.1 Å². The number of ether oxygens (including phenoxy) is 2. The summed E-state index contributed by atoms with van der Waals surface area (Å²) in [6.07, 6.45) is 9.98. The molecule has 0 N–H and O–H groups in total. The number of piperazine rings is 1. The van der Waals surface area contributed by atoms with Crippen LogP contribution in [0.25, 0.3) is 16.6 Å². The number of nitrogens with zero attached hydrogens (tertiary/aromatic N) is 6. The zero-order valence-corrected chi connectivity index (χ0v) is 19.6. The van der Waals surface area contributed by atoms with Crippen LogP contribution in [0.5, 0.6) is 0 Å². The Morgan fingerprint density at radius 3 is 2.61 bits per heavy atom. The van der Waals surface area contributed by atoms with Gasteiger partial charge in [0.1, 0.15) is 5.69 Å². The molecule has 3 aliphatic carbocycles. The molecular weight excluding hydrogens is 440 g/mol. The van der Waals surface area contributed by atoms with E-state index in [1.54, 1.807) is 7.11 Å². The molecule has 2 aromatic heterocycles. The molecule has 33 heavy (non-hydrogen) atoms. The summed E-state index contributed by atoms with van der Waals surface area (Å²) >= 11 is 6.75. The van der Waals surface area contributed by atoms with Crippen molar-refractivity contribution in [3.63, 3.8) is 0 Å². The number of halogens is 1. The molecule has 9 heteroatoms. The highest BCUT2D eigenvalue weighted by molar-refractivity contribution is 6.34. The van der Waals surface area contributed by atoms with Crippen molar-refractivity contribution in [3.8, 4) is 5.69 Å². The largest absolute Gasteiger partial charge is 0.377 e. The van der Waals surface area contributed by atoms with Crippen molar-refractivity contribution in [1.29, 1.82) is 0 Å². The number of benzene rings is 1. The standard InChI is InChI=1S/C24H29ClN6O2/c1-32-23-15-33-14-22(23)29-4-2-28(3-5-29)21-7-20-17(6-19(21)25)11-27-31(20)18-12-26-30(13-18)24-8-16(9-24)10-24/h6-7,11-13,16,22-23H,2-5,8-10,14-15H2,1H3/t16?,22?,23-,24?/m0/s1. The molecule has 1 unspecified atom stereocenters. The van der Waals surface area contributed by atoms with Gasteiger partial charge in [0.05, 0.1) is 65.7 Å². The number of rotatable bonds is 5. The number of hydrogen-bond donors (Lipinski definition) is 0. The molecule has 0 amide bonds. The molecule has 0 spiro atoms. The van der Waals surface area contributed by atoms with Gasteiger partial charge in [-0.2, -0.15) is 10.2 Å². The first kappa shape index (κ1) is 20.3. The van der Waals surface area contributed by atoms with Crippen LogP contribution in [0.4, 0.5) is 5.69 Å². The minimum atomic E-state index is 0.164. The summed E-state index contributed by atoms with van der Waals surface area (Å²) in [6, 6.07) is 4.57. The van der Waals surface area contributed by atoms with E-state index in [4.69, 9.17) is 26.2 Å². The van der Waals surface area contributed by atoms with Gasteiger partial charge >= 0.3 is 0 Å². The summed E-state index contributed by atoms with van der Waals surface area (Å²) in [7, 11) is 1.78. The Morgan fingerprint density at radius 2 is 1.88 bits per heavy atom. The predicted octanol–water partition coefficient (Wildman–Crippen LogP) is 2.92. The fourth-order valence-electron chi connectivity index (χ4n) is 6.26. The third-order valence-corrected chi connectivity index (χ3v) is 8.67. The molecule has 2 saturated heterocycles. The predicted molar refractivity (Wildman–Crippen MR) is 126 cm³/mol. The minimum absolute atomic E-state index is 0.164. The van der Waals surface area contributed by atoms with Crippen LogP contribution in [-0.2, 0) is 15.0 Å². The molecular formula is C24H29ClN6O2. The van der Waals surface area contributed by atoms with Crippen molar-refractivity contribution in [2.45, 2.75) is 36.9 Å². The Morgan fingerprint density at radius 1 is 1.06 bits per heavy atom. The van der Waals surface area contributed by atoms with Crippen LogP contribution in [0.2, 0.25) is 5.02 Å². The number of methoxy groups -OCH3 is 1. The Hall–Kier alpha value is -2.13. The normalized spacial score (nSPS) is 31.7. The van der Waals surface area contributed by atoms with Gasteiger partial charge in [0.15, 0.2) is 0 Å². The highest BCUT2D eigenvalue weighted by Crippen LogP contribution is 2.62. The molecule has 2 bridgehead atoms. The molecule has 3 aromatic rings. The van der Waals surface area contributed by atoms with Crippen LogP contribution in [0.15, 0.2) is 30.7 Å². The van der Waals surface area contributed by atoms with E-state index in [0.717, 1.165) is 66.0 Å². The second kappa shape index (κ2) is 7.43. The van der Waals surface area contributed by atoms with Gasteiger partial charge in [0.2, 0.25) is 0 Å². The second-order valence-electron chi connectivity index (χ2n) is 10.2. The van der Waals surface area contributed by atoms with Gasteiger partial charge in [-0.05, 0) is 37.3 Å². The molecule has 5 fully saturated rings. The van der Waals surface area contributed by atoms with E-state index in [1.165, 1.54) is 19.3 Å². The van der Waals surface area contributed by atoms with E-state index in [2.05, 4.69) is 31.8 Å². The lowest BCUT2D eigenvalue weighted by molar-refractivity contribution is -0.0977. The van der Waals surface area contributed by atoms with Gasteiger partial charge in [0, 0.05) is 38.7 Å². The third kappa shape index (κ3) is 3.07. The topological polar surface area (TPSA) is 60.6 Å². The lowest BCUT2D eigenvalue weighted by Gasteiger charge is -2.61. The van der Waals surface area contributed by atoms with Gasteiger partial charge in [-0.15, -0.1) is 0 Å². The fraction of sp³-hybridized carbons (Fsp3) is 0.583. The Balaban J connectivity index is 1.14. The van der Waals surface area contributed by atoms with E-state index in [9.17, 15) is 0 Å². The quantitative estimate of drug-likeness (QED) is 0.574. The molecule has 0 radical (unpaired) electrons. The van der Waals surface area contributed by atoms with Crippen LogP contribution in [0, 0.1) is 5.92 Å². The van der Waals surface area contributed by atoms with Gasteiger partial charge in [-0.3, -0.25) is 9.58 Å². The van der Waals surface area contributed by atoms with Crippen molar-refractivity contribution in [3.05, 3.63) is 35.7 Å². The van der Waals surface area contributed by atoms with Gasteiger partial charge in [-0.1, -0.05) is 11.6 Å². The highest BCUT2D eigenvalue weighted by Gasteiger charge is 2.58. The summed E-state index contributed by atoms with van der Waals surface area (Å²) in [4.78, 5) is 4.88. The lowest BCUT2D eigenvalue weighted by Crippen LogP contribution is -2.59. The van der Waals surface area contributed by atoms with Crippen molar-refractivity contribution in [2.24, 2.45) is 5.92 Å². The van der Waals surface area contributed by atoms with Crippen LogP contribution >= 0.6 is 11.6 Å². The Bertz CT molecular complexity index is 1180. The van der Waals surface area contributed by atoms with Crippen LogP contribution in [0.1, 0.15) is 19.3 Å². The Kier molecular flexibility index (Phi) is 4.56. The molecule has 8 rings (SSSR count). The third-order valence-electron chi connectivity index (χ3n) is 8.37. The van der Waals surface area contributed by atoms with Crippen LogP contribution in [0.3, 0.4) is 0 Å². The minimum Gasteiger partial charge on any atom is -0.377 e. The van der Waals surface area contributed by atoms with Gasteiger partial charge in [-0.25, -0.2) is 4.68 Å². The number of anilines is 1. The smallest absolute Gasteiger partial charge is 0.103 e. The molecule has 2 atom stereocenters. The maximum atomic E-state index is 6.75. The van der Waals surface area contributed by atoms with E-state index in [1.807, 2.05) is 23.1 Å².